The Morgan fingerprint density at radius 1 is 1.15 bits per heavy atom. The van der Waals surface area contributed by atoms with Gasteiger partial charge >= 0.3 is 0 Å². The summed E-state index contributed by atoms with van der Waals surface area (Å²) in [7, 11) is -3.37. The quantitative estimate of drug-likeness (QED) is 0.622. The van der Waals surface area contributed by atoms with Crippen molar-refractivity contribution in [1.82, 2.24) is 14.9 Å². The summed E-state index contributed by atoms with van der Waals surface area (Å²) >= 11 is 0. The number of aryl methyl sites for hydroxylation is 1. The Morgan fingerprint density at radius 2 is 1.96 bits per heavy atom. The summed E-state index contributed by atoms with van der Waals surface area (Å²) in [6, 6.07) is 14.3. The molecule has 0 saturated carbocycles. The summed E-state index contributed by atoms with van der Waals surface area (Å²) in [5.41, 5.74) is 2.79. The first kappa shape index (κ1) is 17.9. The van der Waals surface area contributed by atoms with Crippen molar-refractivity contribution >= 4 is 32.7 Å². The van der Waals surface area contributed by atoms with E-state index in [1.165, 1.54) is 6.07 Å². The molecular weight excluding hydrogens is 352 g/mol. The minimum atomic E-state index is -3.37. The number of hydrogen-bond acceptors (Lipinski definition) is 4. The van der Waals surface area contributed by atoms with Gasteiger partial charge in [-0.25, -0.2) is 13.4 Å². The lowest BCUT2D eigenvalue weighted by Crippen LogP contribution is -2.25. The highest BCUT2D eigenvalue weighted by atomic mass is 32.2. The van der Waals surface area contributed by atoms with Crippen molar-refractivity contribution in [3.05, 3.63) is 60.4 Å². The van der Waals surface area contributed by atoms with Crippen LogP contribution < -0.4 is 10.0 Å². The maximum Gasteiger partial charge on any atom is 0.251 e. The zero-order valence-corrected chi connectivity index (χ0v) is 15.2. The fraction of sp³-hybridized carbons (Fsp3) is 0.222. The van der Waals surface area contributed by atoms with Crippen LogP contribution in [0.1, 0.15) is 16.8 Å². The van der Waals surface area contributed by atoms with Gasteiger partial charge in [0.05, 0.1) is 23.6 Å². The molecule has 0 bridgehead atoms. The van der Waals surface area contributed by atoms with Crippen LogP contribution in [0.4, 0.5) is 5.69 Å². The highest BCUT2D eigenvalue weighted by molar-refractivity contribution is 7.92. The SMILES string of the molecule is CS(=O)(=O)Nc1cccc(C(=O)NCCCn2cnc3ccccc32)c1. The average Bonchev–Trinajstić information content (AvgIpc) is 3.00. The molecule has 3 rings (SSSR count). The van der Waals surface area contributed by atoms with Crippen molar-refractivity contribution in [3.63, 3.8) is 0 Å². The van der Waals surface area contributed by atoms with Crippen LogP contribution in [-0.2, 0) is 16.6 Å². The molecule has 3 aromatic rings. The van der Waals surface area contributed by atoms with E-state index < -0.39 is 10.0 Å². The van der Waals surface area contributed by atoms with Crippen molar-refractivity contribution in [2.75, 3.05) is 17.5 Å². The summed E-state index contributed by atoms with van der Waals surface area (Å²) < 4.78 is 27.0. The van der Waals surface area contributed by atoms with Gasteiger partial charge in [-0.2, -0.15) is 0 Å². The van der Waals surface area contributed by atoms with Gasteiger partial charge in [-0.1, -0.05) is 18.2 Å². The lowest BCUT2D eigenvalue weighted by Gasteiger charge is -2.08. The van der Waals surface area contributed by atoms with Gasteiger partial charge in [-0.15, -0.1) is 0 Å². The van der Waals surface area contributed by atoms with E-state index in [4.69, 9.17) is 0 Å². The number of benzene rings is 2. The molecule has 0 unspecified atom stereocenters. The van der Waals surface area contributed by atoms with Crippen molar-refractivity contribution in [3.8, 4) is 0 Å². The lowest BCUT2D eigenvalue weighted by molar-refractivity contribution is 0.0953. The second-order valence-electron chi connectivity index (χ2n) is 5.99. The number of hydrogen-bond donors (Lipinski definition) is 2. The molecule has 0 fully saturated rings. The Kier molecular flexibility index (Phi) is 5.22. The largest absolute Gasteiger partial charge is 0.352 e. The standard InChI is InChI=1S/C18H20N4O3S/c1-26(24,25)21-15-7-4-6-14(12-15)18(23)19-10-5-11-22-13-20-16-8-2-3-9-17(16)22/h2-4,6-9,12-13,21H,5,10-11H2,1H3,(H,19,23). The molecule has 136 valence electrons. The topological polar surface area (TPSA) is 93.1 Å². The van der Waals surface area contributed by atoms with Crippen LogP contribution in [-0.4, -0.2) is 36.7 Å². The number of para-hydroxylation sites is 2. The second kappa shape index (κ2) is 7.57. The van der Waals surface area contributed by atoms with E-state index in [0.29, 0.717) is 17.8 Å². The third-order valence-corrected chi connectivity index (χ3v) is 4.42. The number of sulfonamides is 1. The summed E-state index contributed by atoms with van der Waals surface area (Å²) in [4.78, 5) is 16.6. The number of anilines is 1. The molecule has 0 saturated heterocycles. The van der Waals surface area contributed by atoms with Gasteiger partial charge in [0.1, 0.15) is 0 Å². The number of imidazole rings is 1. The Hall–Kier alpha value is -2.87. The number of carbonyl (C=O) groups is 1. The Bertz CT molecular complexity index is 1030. The van der Waals surface area contributed by atoms with Gasteiger partial charge in [0, 0.05) is 24.3 Å². The zero-order chi connectivity index (χ0) is 18.6. The van der Waals surface area contributed by atoms with Gasteiger partial charge in [0.2, 0.25) is 10.0 Å². The van der Waals surface area contributed by atoms with E-state index in [2.05, 4.69) is 19.6 Å². The van der Waals surface area contributed by atoms with Gasteiger partial charge in [0.15, 0.2) is 0 Å². The van der Waals surface area contributed by atoms with Crippen LogP contribution in [0.5, 0.6) is 0 Å². The molecule has 0 aliphatic rings. The minimum Gasteiger partial charge on any atom is -0.352 e. The van der Waals surface area contributed by atoms with Gasteiger partial charge in [0.25, 0.3) is 5.91 Å². The van der Waals surface area contributed by atoms with Crippen LogP contribution in [0.15, 0.2) is 54.9 Å². The highest BCUT2D eigenvalue weighted by Crippen LogP contribution is 2.13. The number of amides is 1. The van der Waals surface area contributed by atoms with Crippen LogP contribution in [0, 0.1) is 0 Å². The number of fused-ring (bicyclic) bond motifs is 1. The van der Waals surface area contributed by atoms with E-state index in [1.807, 2.05) is 24.3 Å². The number of carbonyl (C=O) groups excluding carboxylic acids is 1. The maximum atomic E-state index is 12.2. The molecule has 7 nitrogen and oxygen atoms in total. The van der Waals surface area contributed by atoms with Crippen LogP contribution in [0.25, 0.3) is 11.0 Å². The molecule has 1 heterocycles. The molecule has 0 aliphatic carbocycles. The number of aromatic nitrogens is 2. The number of nitrogens with one attached hydrogen (secondary N) is 2. The molecule has 0 aliphatic heterocycles. The molecule has 2 N–H and O–H groups in total. The summed E-state index contributed by atoms with van der Waals surface area (Å²) in [5.74, 6) is -0.238. The van der Waals surface area contributed by atoms with Crippen LogP contribution in [0.2, 0.25) is 0 Å². The Balaban J connectivity index is 1.53. The first-order valence-corrected chi connectivity index (χ1v) is 10.1. The molecule has 2 aromatic carbocycles. The van der Waals surface area contributed by atoms with E-state index in [1.54, 1.807) is 24.5 Å². The summed E-state index contributed by atoms with van der Waals surface area (Å²) in [6.45, 7) is 1.26. The van der Waals surface area contributed by atoms with Gasteiger partial charge in [-0.3, -0.25) is 9.52 Å². The lowest BCUT2D eigenvalue weighted by atomic mass is 10.2. The number of nitrogens with zero attached hydrogens (tertiary/aromatic N) is 2. The first-order valence-electron chi connectivity index (χ1n) is 8.18. The molecule has 0 radical (unpaired) electrons. The average molecular weight is 372 g/mol. The van der Waals surface area contributed by atoms with E-state index in [0.717, 1.165) is 30.3 Å². The third kappa shape index (κ3) is 4.60. The summed E-state index contributed by atoms with van der Waals surface area (Å²) in [6.07, 6.45) is 3.62. The van der Waals surface area contributed by atoms with Crippen molar-refractivity contribution in [1.29, 1.82) is 0 Å². The normalized spacial score (nSPS) is 11.4. The molecule has 1 amide bonds. The molecule has 8 heteroatoms. The van der Waals surface area contributed by atoms with Crippen LogP contribution >= 0.6 is 0 Å². The Labute approximate surface area is 152 Å². The number of rotatable bonds is 7. The van der Waals surface area contributed by atoms with Crippen LogP contribution in [0.3, 0.4) is 0 Å². The monoisotopic (exact) mass is 372 g/mol. The molecule has 0 spiro atoms. The molecular formula is C18H20N4O3S. The fourth-order valence-electron chi connectivity index (χ4n) is 2.68. The van der Waals surface area contributed by atoms with Crippen molar-refractivity contribution in [2.24, 2.45) is 0 Å². The molecule has 1 aromatic heterocycles. The van der Waals surface area contributed by atoms with E-state index in [-0.39, 0.29) is 5.91 Å². The van der Waals surface area contributed by atoms with E-state index in [9.17, 15) is 13.2 Å². The Morgan fingerprint density at radius 3 is 2.77 bits per heavy atom. The predicted octanol–water partition coefficient (Wildman–Crippen LogP) is 2.23. The highest BCUT2D eigenvalue weighted by Gasteiger charge is 2.08. The van der Waals surface area contributed by atoms with Gasteiger partial charge < -0.3 is 9.88 Å². The molecule has 0 atom stereocenters. The first-order chi connectivity index (χ1) is 12.4. The van der Waals surface area contributed by atoms with Crippen molar-refractivity contribution in [2.45, 2.75) is 13.0 Å². The fourth-order valence-corrected chi connectivity index (χ4v) is 3.23. The van der Waals surface area contributed by atoms with Crippen molar-refractivity contribution < 1.29 is 13.2 Å². The third-order valence-electron chi connectivity index (χ3n) is 3.82. The van der Waals surface area contributed by atoms with Gasteiger partial charge in [-0.05, 0) is 36.8 Å². The van der Waals surface area contributed by atoms with E-state index >= 15 is 0 Å². The second-order valence-corrected chi connectivity index (χ2v) is 7.74. The summed E-state index contributed by atoms with van der Waals surface area (Å²) in [5, 5.41) is 2.85. The maximum absolute atomic E-state index is 12.2. The molecule has 26 heavy (non-hydrogen) atoms. The predicted molar refractivity (Wildman–Crippen MR) is 102 cm³/mol. The minimum absolute atomic E-state index is 0.238. The smallest absolute Gasteiger partial charge is 0.251 e. The zero-order valence-electron chi connectivity index (χ0n) is 14.3.